The quantitative estimate of drug-likeness (QED) is 0.331. The molecule has 0 radical (unpaired) electrons. The number of ether oxygens (including phenoxy) is 1. The third-order valence-corrected chi connectivity index (χ3v) is 2.70. The van der Waals surface area contributed by atoms with Crippen molar-refractivity contribution < 1.29 is 19.1 Å². The average molecular weight is 258 g/mol. The van der Waals surface area contributed by atoms with Crippen LogP contribution in [0, 0.1) is 0 Å². The lowest BCUT2D eigenvalue weighted by Gasteiger charge is -2.25. The van der Waals surface area contributed by atoms with Gasteiger partial charge in [0.1, 0.15) is 6.04 Å². The van der Waals surface area contributed by atoms with Crippen LogP contribution in [0.15, 0.2) is 0 Å². The van der Waals surface area contributed by atoms with Gasteiger partial charge >= 0.3 is 6.09 Å². The predicted molar refractivity (Wildman–Crippen MR) is 62.1 cm³/mol. The Hall–Kier alpha value is -1.83. The Balaban J connectivity index is 2.82. The molecule has 0 aliphatic carbocycles. The summed E-state index contributed by atoms with van der Waals surface area (Å²) in [7, 11) is 0. The molecule has 0 aromatic rings. The average Bonchev–Trinajstić information content (AvgIpc) is 2.71. The molecule has 1 saturated heterocycles. The van der Waals surface area contributed by atoms with E-state index in [1.807, 2.05) is 5.43 Å². The van der Waals surface area contributed by atoms with Crippen molar-refractivity contribution in [3.63, 3.8) is 0 Å². The van der Waals surface area contributed by atoms with Crippen molar-refractivity contribution in [1.29, 1.82) is 0 Å². The first-order valence-corrected chi connectivity index (χ1v) is 5.72. The van der Waals surface area contributed by atoms with Crippen molar-refractivity contribution in [3.8, 4) is 0 Å². The maximum absolute atomic E-state index is 11.7. The summed E-state index contributed by atoms with van der Waals surface area (Å²) in [4.78, 5) is 35.7. The Bertz CT molecular complexity index is 347. The maximum Gasteiger partial charge on any atom is 0.410 e. The fourth-order valence-corrected chi connectivity index (χ4v) is 2.03. The summed E-state index contributed by atoms with van der Waals surface area (Å²) in [6.45, 7) is 3.58. The molecule has 18 heavy (non-hydrogen) atoms. The van der Waals surface area contributed by atoms with Crippen LogP contribution in [0.5, 0.6) is 0 Å². The van der Waals surface area contributed by atoms with Gasteiger partial charge in [0.2, 0.25) is 5.91 Å². The van der Waals surface area contributed by atoms with Crippen LogP contribution >= 0.6 is 0 Å². The van der Waals surface area contributed by atoms with Gasteiger partial charge in [0.05, 0.1) is 12.6 Å². The van der Waals surface area contributed by atoms with Gasteiger partial charge in [-0.2, -0.15) is 0 Å². The van der Waals surface area contributed by atoms with Crippen molar-refractivity contribution in [3.05, 3.63) is 0 Å². The normalized spacial score (nSPS) is 22.5. The van der Waals surface area contributed by atoms with Gasteiger partial charge in [0, 0.05) is 13.5 Å². The monoisotopic (exact) mass is 258 g/mol. The standard InChI is InChI=1S/C10H18N4O4/c1-3-18-10(17)14-5-4-7(12-6(2)15)8(14)9(16)13-11/h7-8H,3-5,11H2,1-2H3,(H,12,15)(H,13,16). The molecule has 1 heterocycles. The fraction of sp³-hybridized carbons (Fsp3) is 0.700. The lowest BCUT2D eigenvalue weighted by atomic mass is 10.1. The van der Waals surface area contributed by atoms with Crippen LogP contribution in [0.1, 0.15) is 20.3 Å². The highest BCUT2D eigenvalue weighted by Gasteiger charge is 2.42. The third kappa shape index (κ3) is 3.10. The highest BCUT2D eigenvalue weighted by atomic mass is 16.6. The second-order valence-electron chi connectivity index (χ2n) is 3.94. The summed E-state index contributed by atoms with van der Waals surface area (Å²) in [6, 6.07) is -1.28. The summed E-state index contributed by atoms with van der Waals surface area (Å²) in [5.41, 5.74) is 2.00. The molecule has 1 aliphatic heterocycles. The molecule has 0 aromatic heterocycles. The molecule has 8 nitrogen and oxygen atoms in total. The van der Waals surface area contributed by atoms with Gasteiger partial charge in [-0.05, 0) is 13.3 Å². The molecular weight excluding hydrogens is 240 g/mol. The first-order valence-electron chi connectivity index (χ1n) is 5.72. The second-order valence-corrected chi connectivity index (χ2v) is 3.94. The minimum absolute atomic E-state index is 0.219. The van der Waals surface area contributed by atoms with E-state index >= 15 is 0 Å². The molecule has 1 aliphatic rings. The van der Waals surface area contributed by atoms with Crippen LogP contribution in [0.4, 0.5) is 4.79 Å². The van der Waals surface area contributed by atoms with E-state index in [2.05, 4.69) is 5.32 Å². The third-order valence-electron chi connectivity index (χ3n) is 2.70. The number of nitrogens with one attached hydrogen (secondary N) is 2. The Morgan fingerprint density at radius 1 is 1.44 bits per heavy atom. The summed E-state index contributed by atoms with van der Waals surface area (Å²) >= 11 is 0. The van der Waals surface area contributed by atoms with E-state index in [0.29, 0.717) is 13.0 Å². The van der Waals surface area contributed by atoms with Crippen molar-refractivity contribution in [2.24, 2.45) is 5.84 Å². The van der Waals surface area contributed by atoms with Crippen molar-refractivity contribution in [2.45, 2.75) is 32.4 Å². The predicted octanol–water partition coefficient (Wildman–Crippen LogP) is -1.29. The van der Waals surface area contributed by atoms with Gasteiger partial charge in [0.15, 0.2) is 0 Å². The summed E-state index contributed by atoms with van der Waals surface area (Å²) < 4.78 is 4.86. The second kappa shape index (κ2) is 6.20. The number of hydrogen-bond acceptors (Lipinski definition) is 5. The van der Waals surface area contributed by atoms with Crippen LogP contribution in [0.2, 0.25) is 0 Å². The minimum Gasteiger partial charge on any atom is -0.450 e. The Morgan fingerprint density at radius 3 is 2.61 bits per heavy atom. The zero-order valence-corrected chi connectivity index (χ0v) is 10.4. The molecule has 2 unspecified atom stereocenters. The van der Waals surface area contributed by atoms with E-state index in [1.54, 1.807) is 6.92 Å². The smallest absolute Gasteiger partial charge is 0.410 e. The van der Waals surface area contributed by atoms with Crippen LogP contribution < -0.4 is 16.6 Å². The Labute approximate surface area is 105 Å². The Morgan fingerprint density at radius 2 is 2.11 bits per heavy atom. The summed E-state index contributed by atoms with van der Waals surface area (Å²) in [5.74, 6) is 4.30. The largest absolute Gasteiger partial charge is 0.450 e. The van der Waals surface area contributed by atoms with Gasteiger partial charge in [-0.1, -0.05) is 0 Å². The molecule has 102 valence electrons. The number of nitrogens with two attached hydrogens (primary N) is 1. The van der Waals surface area contributed by atoms with E-state index in [0.717, 1.165) is 0 Å². The van der Waals surface area contributed by atoms with Crippen molar-refractivity contribution in [1.82, 2.24) is 15.6 Å². The van der Waals surface area contributed by atoms with Crippen LogP contribution in [0.3, 0.4) is 0 Å². The lowest BCUT2D eigenvalue weighted by Crippen LogP contribution is -2.55. The molecule has 0 aromatic carbocycles. The zero-order chi connectivity index (χ0) is 13.7. The molecule has 2 atom stereocenters. The van der Waals surface area contributed by atoms with Crippen LogP contribution in [-0.4, -0.2) is 48.0 Å². The highest BCUT2D eigenvalue weighted by molar-refractivity contribution is 5.87. The summed E-state index contributed by atoms with van der Waals surface area (Å²) in [5, 5.41) is 2.63. The molecule has 1 fully saturated rings. The lowest BCUT2D eigenvalue weighted by molar-refractivity contribution is -0.126. The van der Waals surface area contributed by atoms with Crippen LogP contribution in [0.25, 0.3) is 0 Å². The topological polar surface area (TPSA) is 114 Å². The van der Waals surface area contributed by atoms with E-state index in [1.165, 1.54) is 11.8 Å². The number of nitrogens with zero attached hydrogens (tertiary/aromatic N) is 1. The van der Waals surface area contributed by atoms with E-state index in [-0.39, 0.29) is 12.5 Å². The maximum atomic E-state index is 11.7. The van der Waals surface area contributed by atoms with Gasteiger partial charge in [-0.25, -0.2) is 10.6 Å². The van der Waals surface area contributed by atoms with Gasteiger partial charge < -0.3 is 10.1 Å². The van der Waals surface area contributed by atoms with E-state index in [4.69, 9.17) is 10.6 Å². The summed E-state index contributed by atoms with van der Waals surface area (Å²) in [6.07, 6.45) is -0.102. The molecular formula is C10H18N4O4. The number of hydrogen-bond donors (Lipinski definition) is 3. The van der Waals surface area contributed by atoms with Gasteiger partial charge in [0.25, 0.3) is 5.91 Å². The number of carbonyl (C=O) groups excluding carboxylic acids is 3. The highest BCUT2D eigenvalue weighted by Crippen LogP contribution is 2.19. The van der Waals surface area contributed by atoms with Crippen LogP contribution in [-0.2, 0) is 14.3 Å². The van der Waals surface area contributed by atoms with E-state index in [9.17, 15) is 14.4 Å². The van der Waals surface area contributed by atoms with E-state index < -0.39 is 24.1 Å². The first kappa shape index (κ1) is 14.2. The number of likely N-dealkylation sites (tertiary alicyclic amines) is 1. The van der Waals surface area contributed by atoms with Gasteiger partial charge in [-0.3, -0.25) is 19.9 Å². The van der Waals surface area contributed by atoms with Gasteiger partial charge in [-0.15, -0.1) is 0 Å². The number of hydrazine groups is 1. The number of rotatable bonds is 3. The molecule has 0 bridgehead atoms. The number of amides is 3. The molecule has 1 rings (SSSR count). The molecule has 3 amide bonds. The Kier molecular flexibility index (Phi) is 4.90. The SMILES string of the molecule is CCOC(=O)N1CCC(NC(C)=O)C1C(=O)NN. The molecule has 0 spiro atoms. The first-order chi connectivity index (χ1) is 8.51. The zero-order valence-electron chi connectivity index (χ0n) is 10.4. The van der Waals surface area contributed by atoms with Crippen molar-refractivity contribution >= 4 is 17.9 Å². The molecule has 0 saturated carbocycles. The van der Waals surface area contributed by atoms with Crippen molar-refractivity contribution in [2.75, 3.05) is 13.2 Å². The minimum atomic E-state index is -0.835. The molecule has 8 heteroatoms. The fourth-order valence-electron chi connectivity index (χ4n) is 2.03. The molecule has 4 N–H and O–H groups in total. The number of carbonyl (C=O) groups is 3.